The molecular weight excluding hydrogens is 240 g/mol. The lowest BCUT2D eigenvalue weighted by atomic mass is 10.1. The summed E-state index contributed by atoms with van der Waals surface area (Å²) in [5.74, 6) is 0. The summed E-state index contributed by atoms with van der Waals surface area (Å²) in [4.78, 5) is 2.06. The van der Waals surface area contributed by atoms with Crippen molar-refractivity contribution in [3.8, 4) is 6.07 Å². The molecule has 0 aliphatic carbocycles. The third kappa shape index (κ3) is 5.39. The van der Waals surface area contributed by atoms with Gasteiger partial charge in [0.15, 0.2) is 0 Å². The molecule has 2 N–H and O–H groups in total. The second-order valence-electron chi connectivity index (χ2n) is 4.63. The molecule has 1 aromatic carbocycles. The van der Waals surface area contributed by atoms with Crippen molar-refractivity contribution < 1.29 is 10.2 Å². The summed E-state index contributed by atoms with van der Waals surface area (Å²) >= 11 is 0. The maximum absolute atomic E-state index is 10.2. The zero-order valence-electron chi connectivity index (χ0n) is 11.4. The lowest BCUT2D eigenvalue weighted by Gasteiger charge is -2.24. The first-order valence-corrected chi connectivity index (χ1v) is 6.72. The Bertz CT molecular complexity index is 398. The lowest BCUT2D eigenvalue weighted by Crippen LogP contribution is -2.32. The van der Waals surface area contributed by atoms with E-state index in [1.807, 2.05) is 0 Å². The molecule has 4 heteroatoms. The SMILES string of the molecule is CCCCN(CCO)CC(O)c1ccc(C#N)cc1. The Balaban J connectivity index is 2.59. The van der Waals surface area contributed by atoms with Gasteiger partial charge in [0.1, 0.15) is 0 Å². The molecule has 1 atom stereocenters. The third-order valence-corrected chi connectivity index (χ3v) is 3.10. The molecule has 0 aromatic heterocycles. The summed E-state index contributed by atoms with van der Waals surface area (Å²) in [6.07, 6.45) is 1.56. The predicted octanol–water partition coefficient (Wildman–Crippen LogP) is 1.69. The van der Waals surface area contributed by atoms with Crippen LogP contribution in [0.25, 0.3) is 0 Å². The molecule has 0 amide bonds. The summed E-state index contributed by atoms with van der Waals surface area (Å²) in [7, 11) is 0. The van der Waals surface area contributed by atoms with Crippen LogP contribution in [0.2, 0.25) is 0 Å². The average Bonchev–Trinajstić information content (AvgIpc) is 2.45. The van der Waals surface area contributed by atoms with Crippen LogP contribution in [-0.2, 0) is 0 Å². The molecule has 104 valence electrons. The normalized spacial score (nSPS) is 12.4. The Morgan fingerprint density at radius 2 is 1.95 bits per heavy atom. The van der Waals surface area contributed by atoms with E-state index in [4.69, 9.17) is 10.4 Å². The van der Waals surface area contributed by atoms with Crippen molar-refractivity contribution in [3.05, 3.63) is 35.4 Å². The Hall–Kier alpha value is -1.41. The summed E-state index contributed by atoms with van der Waals surface area (Å²) in [5.41, 5.74) is 1.40. The number of aliphatic hydroxyl groups is 2. The quantitative estimate of drug-likeness (QED) is 0.748. The molecule has 0 aliphatic rings. The van der Waals surface area contributed by atoms with Gasteiger partial charge in [0.05, 0.1) is 24.3 Å². The number of aliphatic hydroxyl groups excluding tert-OH is 2. The zero-order chi connectivity index (χ0) is 14.1. The summed E-state index contributed by atoms with van der Waals surface area (Å²) < 4.78 is 0. The minimum Gasteiger partial charge on any atom is -0.395 e. The van der Waals surface area contributed by atoms with E-state index < -0.39 is 6.10 Å². The minimum atomic E-state index is -0.587. The van der Waals surface area contributed by atoms with Crippen molar-refractivity contribution in [3.63, 3.8) is 0 Å². The van der Waals surface area contributed by atoms with Crippen LogP contribution in [0.15, 0.2) is 24.3 Å². The van der Waals surface area contributed by atoms with E-state index in [0.29, 0.717) is 18.7 Å². The van der Waals surface area contributed by atoms with Crippen LogP contribution < -0.4 is 0 Å². The van der Waals surface area contributed by atoms with Crippen LogP contribution in [0.1, 0.15) is 37.0 Å². The van der Waals surface area contributed by atoms with Crippen molar-refractivity contribution in [2.75, 3.05) is 26.2 Å². The number of nitrogens with zero attached hydrogens (tertiary/aromatic N) is 2. The van der Waals surface area contributed by atoms with Gasteiger partial charge >= 0.3 is 0 Å². The Morgan fingerprint density at radius 1 is 1.26 bits per heavy atom. The van der Waals surface area contributed by atoms with Gasteiger partial charge in [-0.1, -0.05) is 25.5 Å². The number of benzene rings is 1. The van der Waals surface area contributed by atoms with Crippen LogP contribution in [0, 0.1) is 11.3 Å². The summed E-state index contributed by atoms with van der Waals surface area (Å²) in [5, 5.41) is 27.9. The molecule has 0 aliphatic heterocycles. The maximum atomic E-state index is 10.2. The van der Waals surface area contributed by atoms with Gasteiger partial charge in [-0.2, -0.15) is 5.26 Å². The standard InChI is InChI=1S/C15H22N2O2/c1-2-3-8-17(9-10-18)12-15(19)14-6-4-13(11-16)5-7-14/h4-7,15,18-19H,2-3,8-10,12H2,1H3. The fraction of sp³-hybridized carbons (Fsp3) is 0.533. The second kappa shape index (κ2) is 8.65. The largest absolute Gasteiger partial charge is 0.395 e. The fourth-order valence-corrected chi connectivity index (χ4v) is 1.95. The van der Waals surface area contributed by atoms with E-state index >= 15 is 0 Å². The lowest BCUT2D eigenvalue weighted by molar-refractivity contribution is 0.0989. The van der Waals surface area contributed by atoms with Gasteiger partial charge in [-0.25, -0.2) is 0 Å². The molecule has 0 radical (unpaired) electrons. The highest BCUT2D eigenvalue weighted by Gasteiger charge is 2.13. The monoisotopic (exact) mass is 262 g/mol. The van der Waals surface area contributed by atoms with Gasteiger partial charge in [-0.15, -0.1) is 0 Å². The van der Waals surface area contributed by atoms with E-state index in [2.05, 4.69) is 17.9 Å². The minimum absolute atomic E-state index is 0.101. The van der Waals surface area contributed by atoms with Gasteiger partial charge in [-0.3, -0.25) is 4.90 Å². The number of rotatable bonds is 8. The highest BCUT2D eigenvalue weighted by molar-refractivity contribution is 5.32. The van der Waals surface area contributed by atoms with E-state index in [-0.39, 0.29) is 6.61 Å². The molecular formula is C15H22N2O2. The molecule has 0 saturated heterocycles. The Morgan fingerprint density at radius 3 is 2.47 bits per heavy atom. The van der Waals surface area contributed by atoms with Crippen LogP contribution >= 0.6 is 0 Å². The van der Waals surface area contributed by atoms with Gasteiger partial charge in [0.2, 0.25) is 0 Å². The maximum Gasteiger partial charge on any atom is 0.0991 e. The first-order valence-electron chi connectivity index (χ1n) is 6.72. The molecule has 1 rings (SSSR count). The highest BCUT2D eigenvalue weighted by Crippen LogP contribution is 2.15. The molecule has 19 heavy (non-hydrogen) atoms. The summed E-state index contributed by atoms with van der Waals surface area (Å²) in [6.45, 7) is 4.18. The molecule has 1 aromatic rings. The van der Waals surface area contributed by atoms with Gasteiger partial charge in [0, 0.05) is 13.1 Å². The van der Waals surface area contributed by atoms with Crippen LogP contribution in [-0.4, -0.2) is 41.4 Å². The van der Waals surface area contributed by atoms with E-state index in [9.17, 15) is 5.11 Å². The molecule has 0 saturated carbocycles. The Labute approximate surface area is 114 Å². The molecule has 1 unspecified atom stereocenters. The molecule has 0 fully saturated rings. The van der Waals surface area contributed by atoms with Crippen molar-refractivity contribution in [2.45, 2.75) is 25.9 Å². The van der Waals surface area contributed by atoms with Crippen molar-refractivity contribution in [1.29, 1.82) is 5.26 Å². The van der Waals surface area contributed by atoms with Crippen molar-refractivity contribution >= 4 is 0 Å². The predicted molar refractivity (Wildman–Crippen MR) is 74.6 cm³/mol. The summed E-state index contributed by atoms with van der Waals surface area (Å²) in [6, 6.07) is 9.03. The number of hydrogen-bond donors (Lipinski definition) is 2. The van der Waals surface area contributed by atoms with Gasteiger partial charge in [0.25, 0.3) is 0 Å². The number of unbranched alkanes of at least 4 members (excludes halogenated alkanes) is 1. The molecule has 0 spiro atoms. The second-order valence-corrected chi connectivity index (χ2v) is 4.63. The van der Waals surface area contributed by atoms with E-state index in [0.717, 1.165) is 24.9 Å². The first kappa shape index (κ1) is 15.6. The highest BCUT2D eigenvalue weighted by atomic mass is 16.3. The number of nitriles is 1. The average molecular weight is 262 g/mol. The van der Waals surface area contributed by atoms with E-state index in [1.165, 1.54) is 0 Å². The molecule has 0 bridgehead atoms. The molecule has 0 heterocycles. The Kier molecular flexibility index (Phi) is 7.12. The van der Waals surface area contributed by atoms with Gasteiger partial charge < -0.3 is 10.2 Å². The van der Waals surface area contributed by atoms with Crippen molar-refractivity contribution in [2.24, 2.45) is 0 Å². The van der Waals surface area contributed by atoms with Crippen LogP contribution in [0.3, 0.4) is 0 Å². The van der Waals surface area contributed by atoms with Crippen molar-refractivity contribution in [1.82, 2.24) is 4.90 Å². The van der Waals surface area contributed by atoms with E-state index in [1.54, 1.807) is 24.3 Å². The first-order chi connectivity index (χ1) is 9.21. The van der Waals surface area contributed by atoms with Crippen LogP contribution in [0.4, 0.5) is 0 Å². The fourth-order valence-electron chi connectivity index (χ4n) is 1.95. The smallest absolute Gasteiger partial charge is 0.0991 e. The number of hydrogen-bond acceptors (Lipinski definition) is 4. The van der Waals surface area contributed by atoms with Crippen LogP contribution in [0.5, 0.6) is 0 Å². The third-order valence-electron chi connectivity index (χ3n) is 3.10. The topological polar surface area (TPSA) is 67.5 Å². The molecule has 4 nitrogen and oxygen atoms in total. The zero-order valence-corrected chi connectivity index (χ0v) is 11.4. The van der Waals surface area contributed by atoms with Gasteiger partial charge in [-0.05, 0) is 30.7 Å².